The first kappa shape index (κ1) is 15.9. The monoisotopic (exact) mass is 390 g/mol. The molecule has 7 heteroatoms. The number of rotatable bonds is 2. The van der Waals surface area contributed by atoms with Crippen LogP contribution in [0.4, 0.5) is 0 Å². The fraction of sp³-hybridized carbons (Fsp3) is 0. The first-order valence-corrected chi connectivity index (χ1v) is 7.95. The lowest BCUT2D eigenvalue weighted by Crippen LogP contribution is -1.84. The van der Waals surface area contributed by atoms with E-state index in [9.17, 15) is 0 Å². The van der Waals surface area contributed by atoms with Gasteiger partial charge in [-0.3, -0.25) is 0 Å². The molecule has 19 heavy (non-hydrogen) atoms. The summed E-state index contributed by atoms with van der Waals surface area (Å²) >= 11 is 37.6. The maximum absolute atomic E-state index is 6.15. The van der Waals surface area contributed by atoms with Gasteiger partial charge in [-0.2, -0.15) is 0 Å². The van der Waals surface area contributed by atoms with E-state index in [1.807, 2.05) is 18.2 Å². The molecule has 0 saturated carbocycles. The predicted octanol–water partition coefficient (Wildman–Crippen LogP) is 7.76. The van der Waals surface area contributed by atoms with E-state index in [1.165, 1.54) is 11.8 Å². The quantitative estimate of drug-likeness (QED) is 0.371. The maximum atomic E-state index is 6.15. The third kappa shape index (κ3) is 3.24. The molecule has 0 aliphatic rings. The topological polar surface area (TPSA) is 0 Å². The average Bonchev–Trinajstić information content (AvgIpc) is 2.41. The Morgan fingerprint density at radius 1 is 0.632 bits per heavy atom. The van der Waals surface area contributed by atoms with Gasteiger partial charge in [-0.25, -0.2) is 0 Å². The van der Waals surface area contributed by atoms with E-state index in [0.29, 0.717) is 9.92 Å². The summed E-state index contributed by atoms with van der Waals surface area (Å²) in [5, 5.41) is 1.58. The van der Waals surface area contributed by atoms with Crippen molar-refractivity contribution in [2.24, 2.45) is 0 Å². The van der Waals surface area contributed by atoms with Crippen LogP contribution >= 0.6 is 81.4 Å². The van der Waals surface area contributed by atoms with Crippen molar-refractivity contribution >= 4 is 81.4 Å². The molecule has 0 unspecified atom stereocenters. The molecule has 100 valence electrons. The van der Waals surface area contributed by atoms with Gasteiger partial charge in [0.1, 0.15) is 0 Å². The van der Waals surface area contributed by atoms with E-state index in [2.05, 4.69) is 0 Å². The van der Waals surface area contributed by atoms with Crippen molar-refractivity contribution in [2.45, 2.75) is 9.79 Å². The summed E-state index contributed by atoms with van der Waals surface area (Å²) in [6.07, 6.45) is 0. The molecule has 0 spiro atoms. The lowest BCUT2D eigenvalue weighted by atomic mass is 10.3. The van der Waals surface area contributed by atoms with Crippen LogP contribution in [0.15, 0.2) is 34.1 Å². The molecule has 0 amide bonds. The fourth-order valence-electron chi connectivity index (χ4n) is 1.31. The minimum Gasteiger partial charge on any atom is -0.0853 e. The van der Waals surface area contributed by atoms with Gasteiger partial charge in [-0.15, -0.1) is 0 Å². The van der Waals surface area contributed by atoms with Gasteiger partial charge in [0.25, 0.3) is 0 Å². The third-order valence-corrected chi connectivity index (χ3v) is 6.35. The fourth-order valence-corrected chi connectivity index (χ4v) is 3.96. The molecule has 0 N–H and O–H groups in total. The summed E-state index contributed by atoms with van der Waals surface area (Å²) in [5.41, 5.74) is 0. The molecule has 0 bridgehead atoms. The normalized spacial score (nSPS) is 10.8. The molecular formula is C12H4Cl6S. The predicted molar refractivity (Wildman–Crippen MR) is 87.1 cm³/mol. The van der Waals surface area contributed by atoms with Crippen LogP contribution in [0.5, 0.6) is 0 Å². The number of hydrogen-bond donors (Lipinski definition) is 0. The summed E-state index contributed by atoms with van der Waals surface area (Å²) in [6.45, 7) is 0. The Kier molecular flexibility index (Phi) is 5.47. The summed E-state index contributed by atoms with van der Waals surface area (Å²) in [5.74, 6) is 0. The number of halogens is 6. The summed E-state index contributed by atoms with van der Waals surface area (Å²) in [4.78, 5) is 1.32. The van der Waals surface area contributed by atoms with Crippen LogP contribution in [-0.2, 0) is 0 Å². The first-order valence-electron chi connectivity index (χ1n) is 4.87. The SMILES string of the molecule is Clc1ccccc1Sc1c(Cl)c(Cl)c(Cl)c(Cl)c1Cl. The van der Waals surface area contributed by atoms with Gasteiger partial charge in [-0.1, -0.05) is 93.5 Å². The van der Waals surface area contributed by atoms with Crippen LogP contribution in [0, 0.1) is 0 Å². The van der Waals surface area contributed by atoms with E-state index < -0.39 is 0 Å². The zero-order valence-electron chi connectivity index (χ0n) is 8.99. The highest BCUT2D eigenvalue weighted by molar-refractivity contribution is 7.99. The molecule has 2 rings (SSSR count). The van der Waals surface area contributed by atoms with Crippen LogP contribution in [0.2, 0.25) is 30.1 Å². The van der Waals surface area contributed by atoms with Gasteiger partial charge in [0.05, 0.1) is 35.0 Å². The largest absolute Gasteiger partial charge is 0.0853 e. The van der Waals surface area contributed by atoms with Gasteiger partial charge in [0.2, 0.25) is 0 Å². The van der Waals surface area contributed by atoms with Gasteiger partial charge < -0.3 is 0 Å². The third-order valence-electron chi connectivity index (χ3n) is 2.22. The Labute approximate surface area is 144 Å². The molecule has 2 aromatic rings. The molecule has 0 aliphatic carbocycles. The van der Waals surface area contributed by atoms with Crippen LogP contribution in [-0.4, -0.2) is 0 Å². The van der Waals surface area contributed by atoms with Gasteiger partial charge >= 0.3 is 0 Å². The second kappa shape index (κ2) is 6.53. The second-order valence-electron chi connectivity index (χ2n) is 3.43. The average molecular weight is 393 g/mol. The van der Waals surface area contributed by atoms with E-state index in [1.54, 1.807) is 6.07 Å². The second-order valence-corrected chi connectivity index (χ2v) is 6.78. The van der Waals surface area contributed by atoms with E-state index in [4.69, 9.17) is 69.6 Å². The first-order chi connectivity index (χ1) is 8.93. The number of benzene rings is 2. The molecule has 0 aromatic heterocycles. The van der Waals surface area contributed by atoms with Gasteiger partial charge in [0, 0.05) is 4.90 Å². The highest BCUT2D eigenvalue weighted by Crippen LogP contribution is 2.50. The zero-order chi connectivity index (χ0) is 14.2. The van der Waals surface area contributed by atoms with E-state index in [0.717, 1.165) is 4.90 Å². The summed E-state index contributed by atoms with van der Waals surface area (Å²) < 4.78 is 0. The molecular weight excluding hydrogens is 389 g/mol. The Morgan fingerprint density at radius 3 is 1.63 bits per heavy atom. The highest BCUT2D eigenvalue weighted by atomic mass is 35.5. The molecule has 0 saturated heterocycles. The van der Waals surface area contributed by atoms with Crippen molar-refractivity contribution in [3.63, 3.8) is 0 Å². The van der Waals surface area contributed by atoms with Crippen molar-refractivity contribution in [3.05, 3.63) is 54.4 Å². The number of hydrogen-bond acceptors (Lipinski definition) is 1. The van der Waals surface area contributed by atoms with E-state index >= 15 is 0 Å². The van der Waals surface area contributed by atoms with Crippen molar-refractivity contribution in [1.82, 2.24) is 0 Å². The Bertz CT molecular complexity index is 611. The summed E-state index contributed by atoms with van der Waals surface area (Å²) in [7, 11) is 0. The van der Waals surface area contributed by atoms with Crippen LogP contribution in [0.1, 0.15) is 0 Å². The lowest BCUT2D eigenvalue weighted by Gasteiger charge is -2.12. The minimum atomic E-state index is 0.141. The molecule has 0 aliphatic heterocycles. The molecule has 0 radical (unpaired) electrons. The van der Waals surface area contributed by atoms with Crippen LogP contribution in [0.25, 0.3) is 0 Å². The maximum Gasteiger partial charge on any atom is 0.0809 e. The van der Waals surface area contributed by atoms with Crippen molar-refractivity contribution < 1.29 is 0 Å². The van der Waals surface area contributed by atoms with Crippen molar-refractivity contribution in [2.75, 3.05) is 0 Å². The molecule has 0 nitrogen and oxygen atoms in total. The van der Waals surface area contributed by atoms with Gasteiger partial charge in [-0.05, 0) is 12.1 Å². The molecule has 0 atom stereocenters. The summed E-state index contributed by atoms with van der Waals surface area (Å²) in [6, 6.07) is 7.30. The Hall–Kier alpha value is 0.530. The van der Waals surface area contributed by atoms with Gasteiger partial charge in [0.15, 0.2) is 0 Å². The molecule has 2 aromatic carbocycles. The standard InChI is InChI=1S/C12H4Cl6S/c13-5-3-1-2-4-6(5)19-12-10(17)8(15)7(14)9(16)11(12)18/h1-4H. The van der Waals surface area contributed by atoms with E-state index in [-0.39, 0.29) is 25.1 Å². The molecule has 0 fully saturated rings. The minimum absolute atomic E-state index is 0.141. The highest BCUT2D eigenvalue weighted by Gasteiger charge is 2.20. The Morgan fingerprint density at radius 2 is 1.11 bits per heavy atom. The van der Waals surface area contributed by atoms with Crippen LogP contribution in [0.3, 0.4) is 0 Å². The zero-order valence-corrected chi connectivity index (χ0v) is 14.3. The van der Waals surface area contributed by atoms with Crippen molar-refractivity contribution in [3.8, 4) is 0 Å². The van der Waals surface area contributed by atoms with Crippen molar-refractivity contribution in [1.29, 1.82) is 0 Å². The Balaban J connectivity index is 2.56. The lowest BCUT2D eigenvalue weighted by molar-refractivity contribution is 1.40. The molecule has 0 heterocycles. The van der Waals surface area contributed by atoms with Crippen LogP contribution < -0.4 is 0 Å². The smallest absolute Gasteiger partial charge is 0.0809 e.